The van der Waals surface area contributed by atoms with Crippen molar-refractivity contribution in [2.24, 2.45) is 5.73 Å². The second kappa shape index (κ2) is 4.64. The molecule has 0 saturated carbocycles. The molecule has 0 bridgehead atoms. The van der Waals surface area contributed by atoms with Crippen LogP contribution >= 0.6 is 11.6 Å². The normalized spacial score (nSPS) is 12.8. The van der Waals surface area contributed by atoms with Gasteiger partial charge in [-0.05, 0) is 12.6 Å². The molecule has 2 N–H and O–H groups in total. The van der Waals surface area contributed by atoms with Crippen molar-refractivity contribution in [3.05, 3.63) is 16.9 Å². The second-order valence-electron chi connectivity index (χ2n) is 2.46. The molecule has 0 aliphatic rings. The Morgan fingerprint density at radius 3 is 2.85 bits per heavy atom. The third-order valence-corrected chi connectivity index (χ3v) is 2.28. The van der Waals surface area contributed by atoms with E-state index in [0.717, 1.165) is 5.69 Å². The lowest BCUT2D eigenvalue weighted by atomic mass is 10.3. The van der Waals surface area contributed by atoms with E-state index in [1.54, 1.807) is 6.07 Å². The molecule has 1 aromatic rings. The maximum absolute atomic E-state index is 11.1. The summed E-state index contributed by atoms with van der Waals surface area (Å²) < 4.78 is 11.1. The first kappa shape index (κ1) is 10.6. The van der Waals surface area contributed by atoms with Crippen LogP contribution in [-0.2, 0) is 17.2 Å². The number of nitrogens with two attached hydrogens (primary N) is 1. The van der Waals surface area contributed by atoms with E-state index in [1.807, 2.05) is 0 Å². The van der Waals surface area contributed by atoms with Gasteiger partial charge in [-0.2, -0.15) is 0 Å². The third-order valence-electron chi connectivity index (χ3n) is 1.39. The van der Waals surface area contributed by atoms with Gasteiger partial charge in [0.1, 0.15) is 5.15 Å². The minimum absolute atomic E-state index is 0.260. The summed E-state index contributed by atoms with van der Waals surface area (Å²) in [4.78, 5) is 7.88. The van der Waals surface area contributed by atoms with Crippen molar-refractivity contribution in [2.45, 2.75) is 11.6 Å². The Kier molecular flexibility index (Phi) is 3.77. The first-order valence-corrected chi connectivity index (χ1v) is 5.64. The highest BCUT2D eigenvalue weighted by Crippen LogP contribution is 2.09. The molecule has 0 radical (unpaired) electrons. The van der Waals surface area contributed by atoms with Crippen molar-refractivity contribution in [3.8, 4) is 0 Å². The molecule has 0 aromatic carbocycles. The van der Waals surface area contributed by atoms with Gasteiger partial charge in [0.15, 0.2) is 0 Å². The Morgan fingerprint density at radius 1 is 1.62 bits per heavy atom. The molecule has 1 aromatic heterocycles. The van der Waals surface area contributed by atoms with Crippen LogP contribution in [0.1, 0.15) is 5.69 Å². The zero-order valence-corrected chi connectivity index (χ0v) is 8.73. The fourth-order valence-electron chi connectivity index (χ4n) is 0.846. The predicted octanol–water partition coefficient (Wildman–Crippen LogP) is 0.369. The summed E-state index contributed by atoms with van der Waals surface area (Å²) in [6, 6.07) is 1.63. The molecule has 1 heterocycles. The van der Waals surface area contributed by atoms with Gasteiger partial charge in [0, 0.05) is 18.4 Å². The summed E-state index contributed by atoms with van der Waals surface area (Å²) in [6.07, 6.45) is 2.13. The SMILES string of the molecule is CS(=O)c1nc(Cl)cc(CCN)n1. The molecule has 1 rings (SSSR count). The minimum Gasteiger partial charge on any atom is -0.330 e. The molecule has 0 saturated heterocycles. The van der Waals surface area contributed by atoms with E-state index in [4.69, 9.17) is 17.3 Å². The van der Waals surface area contributed by atoms with Crippen LogP contribution in [0.25, 0.3) is 0 Å². The van der Waals surface area contributed by atoms with E-state index >= 15 is 0 Å². The van der Waals surface area contributed by atoms with E-state index in [0.29, 0.717) is 18.1 Å². The van der Waals surface area contributed by atoms with Gasteiger partial charge in [-0.15, -0.1) is 0 Å². The topological polar surface area (TPSA) is 68.9 Å². The Morgan fingerprint density at radius 2 is 2.31 bits per heavy atom. The van der Waals surface area contributed by atoms with Gasteiger partial charge in [0.2, 0.25) is 5.16 Å². The number of rotatable bonds is 3. The van der Waals surface area contributed by atoms with Crippen LogP contribution in [0.15, 0.2) is 11.2 Å². The molecule has 1 unspecified atom stereocenters. The Hall–Kier alpha value is -0.520. The fourth-order valence-corrected chi connectivity index (χ4v) is 1.57. The van der Waals surface area contributed by atoms with Gasteiger partial charge in [-0.25, -0.2) is 9.97 Å². The summed E-state index contributed by atoms with van der Waals surface area (Å²) in [6.45, 7) is 0.489. The zero-order chi connectivity index (χ0) is 9.84. The smallest absolute Gasteiger partial charge is 0.219 e. The number of hydrogen-bond acceptors (Lipinski definition) is 4. The predicted molar refractivity (Wildman–Crippen MR) is 52.1 cm³/mol. The van der Waals surface area contributed by atoms with E-state index < -0.39 is 10.8 Å². The van der Waals surface area contributed by atoms with Crippen molar-refractivity contribution >= 4 is 22.4 Å². The quantitative estimate of drug-likeness (QED) is 0.589. The molecule has 6 heteroatoms. The molecule has 0 aliphatic carbocycles. The van der Waals surface area contributed by atoms with Crippen LogP contribution in [0.2, 0.25) is 5.15 Å². The molecule has 13 heavy (non-hydrogen) atoms. The minimum atomic E-state index is -1.20. The van der Waals surface area contributed by atoms with Gasteiger partial charge >= 0.3 is 0 Å². The van der Waals surface area contributed by atoms with Gasteiger partial charge in [-0.3, -0.25) is 4.21 Å². The van der Waals surface area contributed by atoms with E-state index in [1.165, 1.54) is 6.26 Å². The van der Waals surface area contributed by atoms with Crippen molar-refractivity contribution in [2.75, 3.05) is 12.8 Å². The van der Waals surface area contributed by atoms with E-state index in [-0.39, 0.29) is 5.16 Å². The number of nitrogens with zero attached hydrogens (tertiary/aromatic N) is 2. The monoisotopic (exact) mass is 219 g/mol. The summed E-state index contributed by atoms with van der Waals surface area (Å²) in [5.74, 6) is 0. The van der Waals surface area contributed by atoms with Gasteiger partial charge in [0.05, 0.1) is 10.8 Å². The van der Waals surface area contributed by atoms with Crippen LogP contribution in [0, 0.1) is 0 Å². The lowest BCUT2D eigenvalue weighted by Crippen LogP contribution is -2.07. The summed E-state index contributed by atoms with van der Waals surface area (Å²) in [5, 5.41) is 0.569. The zero-order valence-electron chi connectivity index (χ0n) is 7.16. The average Bonchev–Trinajstić information content (AvgIpc) is 2.03. The van der Waals surface area contributed by atoms with Crippen LogP contribution in [0.3, 0.4) is 0 Å². The summed E-state index contributed by atoms with van der Waals surface area (Å²) in [5.41, 5.74) is 6.09. The molecule has 0 fully saturated rings. The molecular formula is C7H10ClN3OS. The van der Waals surface area contributed by atoms with Crippen LogP contribution < -0.4 is 5.73 Å². The molecule has 0 spiro atoms. The van der Waals surface area contributed by atoms with Gasteiger partial charge in [-0.1, -0.05) is 11.6 Å². The molecule has 0 amide bonds. The third kappa shape index (κ3) is 3.02. The molecule has 1 atom stereocenters. The Labute approximate surface area is 84.0 Å². The highest BCUT2D eigenvalue weighted by Gasteiger charge is 2.05. The van der Waals surface area contributed by atoms with Crippen LogP contribution in [-0.4, -0.2) is 27.0 Å². The first-order valence-electron chi connectivity index (χ1n) is 3.70. The largest absolute Gasteiger partial charge is 0.330 e. The highest BCUT2D eigenvalue weighted by molar-refractivity contribution is 7.84. The average molecular weight is 220 g/mol. The van der Waals surface area contributed by atoms with Crippen molar-refractivity contribution in [3.63, 3.8) is 0 Å². The second-order valence-corrected chi connectivity index (χ2v) is 4.12. The van der Waals surface area contributed by atoms with E-state index in [2.05, 4.69) is 9.97 Å². The van der Waals surface area contributed by atoms with Crippen LogP contribution in [0.5, 0.6) is 0 Å². The Bertz CT molecular complexity index is 332. The van der Waals surface area contributed by atoms with Crippen molar-refractivity contribution in [1.29, 1.82) is 0 Å². The number of halogens is 1. The lowest BCUT2D eigenvalue weighted by molar-refractivity contribution is 0.677. The van der Waals surface area contributed by atoms with Crippen molar-refractivity contribution in [1.82, 2.24) is 9.97 Å². The maximum atomic E-state index is 11.1. The summed E-state index contributed by atoms with van der Waals surface area (Å²) >= 11 is 5.70. The standard InChI is InChI=1S/C7H10ClN3OS/c1-13(12)7-10-5(2-3-9)4-6(8)11-7/h4H,2-3,9H2,1H3. The number of aromatic nitrogens is 2. The maximum Gasteiger partial charge on any atom is 0.219 e. The molecule has 4 nitrogen and oxygen atoms in total. The Balaban J connectivity index is 3.03. The van der Waals surface area contributed by atoms with Gasteiger partial charge in [0.25, 0.3) is 0 Å². The molecule has 72 valence electrons. The highest BCUT2D eigenvalue weighted by atomic mass is 35.5. The first-order chi connectivity index (χ1) is 6.13. The van der Waals surface area contributed by atoms with Crippen molar-refractivity contribution < 1.29 is 4.21 Å². The molecule has 0 aliphatic heterocycles. The fraction of sp³-hybridized carbons (Fsp3) is 0.429. The van der Waals surface area contributed by atoms with Gasteiger partial charge < -0.3 is 5.73 Å². The van der Waals surface area contributed by atoms with E-state index in [9.17, 15) is 4.21 Å². The van der Waals surface area contributed by atoms with Crippen LogP contribution in [0.4, 0.5) is 0 Å². The lowest BCUT2D eigenvalue weighted by Gasteiger charge is -2.00. The summed E-state index contributed by atoms with van der Waals surface area (Å²) in [7, 11) is -1.20. The molecular weight excluding hydrogens is 210 g/mol. The number of hydrogen-bond donors (Lipinski definition) is 1.